The number of carbonyl (C=O) groups excluding carboxylic acids is 2. The number of amides is 2. The summed E-state index contributed by atoms with van der Waals surface area (Å²) in [6, 6.07) is -1.51. The molecule has 2 fully saturated rings. The number of hydrogen-bond donors (Lipinski definition) is 2. The third-order valence-electron chi connectivity index (χ3n) is 5.56. The van der Waals surface area contributed by atoms with E-state index in [9.17, 15) is 19.2 Å². The van der Waals surface area contributed by atoms with E-state index in [2.05, 4.69) is 0 Å². The number of carboxylic acid groups (broad SMARTS) is 2. The Morgan fingerprint density at radius 3 is 1.21 bits per heavy atom. The van der Waals surface area contributed by atoms with Crippen LogP contribution >= 0.6 is 0 Å². The molecule has 2 saturated heterocycles. The average Bonchev–Trinajstić information content (AvgIpc) is 2.65. The second-order valence-corrected chi connectivity index (χ2v) is 11.3. The van der Waals surface area contributed by atoms with Crippen molar-refractivity contribution in [1.82, 2.24) is 9.80 Å². The van der Waals surface area contributed by atoms with Gasteiger partial charge in [0.15, 0.2) is 0 Å². The van der Waals surface area contributed by atoms with Gasteiger partial charge in [-0.2, -0.15) is 0 Å². The molecule has 2 N–H and O–H groups in total. The molecule has 2 aliphatic heterocycles. The van der Waals surface area contributed by atoms with Crippen LogP contribution in [-0.2, 0) is 19.1 Å². The molecule has 2 heterocycles. The lowest BCUT2D eigenvalue weighted by molar-refractivity contribution is -0.145. The standard InChI is InChI=1S/2C12H21NO4/c2*1-8-5-6-13(9(7-8)10(14)15)11(16)17-12(2,3)4/h2*8-9H,5-7H2,1-4H3,(H,14,15)/t2*8-,9-/m10/s1. The van der Waals surface area contributed by atoms with Gasteiger partial charge >= 0.3 is 24.1 Å². The zero-order chi connectivity index (χ0) is 26.4. The largest absolute Gasteiger partial charge is 0.480 e. The molecule has 0 aromatic heterocycles. The van der Waals surface area contributed by atoms with Crippen LogP contribution in [0.5, 0.6) is 0 Å². The highest BCUT2D eigenvalue weighted by atomic mass is 16.6. The van der Waals surface area contributed by atoms with E-state index in [0.29, 0.717) is 37.8 Å². The molecule has 0 aliphatic carbocycles. The summed E-state index contributed by atoms with van der Waals surface area (Å²) in [6.07, 6.45) is 1.57. The maximum atomic E-state index is 11.9. The smallest absolute Gasteiger partial charge is 0.411 e. The molecule has 196 valence electrons. The quantitative estimate of drug-likeness (QED) is 0.593. The molecular formula is C24H42N2O8. The van der Waals surface area contributed by atoms with E-state index in [4.69, 9.17) is 19.7 Å². The summed E-state index contributed by atoms with van der Waals surface area (Å²) < 4.78 is 10.4. The van der Waals surface area contributed by atoms with Crippen molar-refractivity contribution >= 4 is 24.1 Å². The normalized spacial score (nSPS) is 25.5. The van der Waals surface area contributed by atoms with Gasteiger partial charge in [-0.1, -0.05) is 13.8 Å². The summed E-state index contributed by atoms with van der Waals surface area (Å²) in [4.78, 5) is 48.7. The van der Waals surface area contributed by atoms with Crippen molar-refractivity contribution in [3.05, 3.63) is 0 Å². The van der Waals surface area contributed by atoms with Crippen LogP contribution in [0.25, 0.3) is 0 Å². The fourth-order valence-corrected chi connectivity index (χ4v) is 3.83. The minimum absolute atomic E-state index is 0.329. The molecule has 0 spiro atoms. The molecule has 2 amide bonds. The number of piperidine rings is 2. The first-order chi connectivity index (χ1) is 15.4. The lowest BCUT2D eigenvalue weighted by atomic mass is 9.93. The Kier molecular flexibility index (Phi) is 10.2. The number of ether oxygens (including phenoxy) is 2. The molecule has 0 unspecified atom stereocenters. The summed E-state index contributed by atoms with van der Waals surface area (Å²) in [6.45, 7) is 15.5. The van der Waals surface area contributed by atoms with Crippen LogP contribution in [-0.4, -0.2) is 80.5 Å². The summed E-state index contributed by atoms with van der Waals surface area (Å²) >= 11 is 0. The van der Waals surface area contributed by atoms with E-state index >= 15 is 0 Å². The van der Waals surface area contributed by atoms with Crippen LogP contribution in [0.2, 0.25) is 0 Å². The van der Waals surface area contributed by atoms with Gasteiger partial charge in [-0.05, 0) is 79.1 Å². The maximum Gasteiger partial charge on any atom is 0.411 e. The Balaban J connectivity index is 0.000000340. The first-order valence-corrected chi connectivity index (χ1v) is 11.9. The predicted octanol–water partition coefficient (Wildman–Crippen LogP) is 4.21. The molecular weight excluding hydrogens is 444 g/mol. The molecule has 2 aliphatic rings. The number of carboxylic acids is 2. The van der Waals surface area contributed by atoms with Crippen molar-refractivity contribution in [2.45, 2.75) is 104 Å². The number of carbonyl (C=O) groups is 4. The molecule has 0 bridgehead atoms. The Labute approximate surface area is 202 Å². The fraction of sp³-hybridized carbons (Fsp3) is 0.833. The molecule has 0 aromatic carbocycles. The van der Waals surface area contributed by atoms with Gasteiger partial charge in [0.2, 0.25) is 0 Å². The molecule has 10 nitrogen and oxygen atoms in total. The highest BCUT2D eigenvalue weighted by Crippen LogP contribution is 2.25. The van der Waals surface area contributed by atoms with E-state index in [0.717, 1.165) is 12.8 Å². The van der Waals surface area contributed by atoms with Gasteiger partial charge in [0.25, 0.3) is 0 Å². The molecule has 4 atom stereocenters. The number of hydrogen-bond acceptors (Lipinski definition) is 6. The van der Waals surface area contributed by atoms with Crippen LogP contribution in [0.1, 0.15) is 81.1 Å². The Hall–Kier alpha value is -2.52. The topological polar surface area (TPSA) is 134 Å². The van der Waals surface area contributed by atoms with Crippen molar-refractivity contribution in [1.29, 1.82) is 0 Å². The van der Waals surface area contributed by atoms with Gasteiger partial charge in [-0.25, -0.2) is 19.2 Å². The minimum atomic E-state index is -0.956. The maximum absolute atomic E-state index is 11.9. The van der Waals surface area contributed by atoms with E-state index in [1.54, 1.807) is 41.5 Å². The van der Waals surface area contributed by atoms with Crippen LogP contribution in [0.15, 0.2) is 0 Å². The van der Waals surface area contributed by atoms with Crippen LogP contribution in [0.3, 0.4) is 0 Å². The van der Waals surface area contributed by atoms with E-state index < -0.39 is 47.4 Å². The SMILES string of the molecule is C[C@@H]1CCN(C(=O)OC(C)(C)C)[C@@H](C(=O)O)C1.C[C@H]1CCN(C(=O)OC(C)(C)C)[C@H](C(=O)O)C1. The number of rotatable bonds is 2. The zero-order valence-corrected chi connectivity index (χ0v) is 21.8. The monoisotopic (exact) mass is 486 g/mol. The number of likely N-dealkylation sites (tertiary alicyclic amines) is 2. The molecule has 0 aromatic rings. The van der Waals surface area contributed by atoms with E-state index in [1.807, 2.05) is 13.8 Å². The first kappa shape index (κ1) is 29.5. The summed E-state index contributed by atoms with van der Waals surface area (Å²) in [5, 5.41) is 18.2. The highest BCUT2D eigenvalue weighted by Gasteiger charge is 2.38. The lowest BCUT2D eigenvalue weighted by Gasteiger charge is -2.36. The molecule has 2 rings (SSSR count). The van der Waals surface area contributed by atoms with Gasteiger partial charge in [-0.3, -0.25) is 9.80 Å². The van der Waals surface area contributed by atoms with Gasteiger partial charge in [-0.15, -0.1) is 0 Å². The van der Waals surface area contributed by atoms with Gasteiger partial charge in [0.1, 0.15) is 23.3 Å². The minimum Gasteiger partial charge on any atom is -0.480 e. The summed E-state index contributed by atoms with van der Waals surface area (Å²) in [5.74, 6) is -1.26. The predicted molar refractivity (Wildman–Crippen MR) is 126 cm³/mol. The Bertz CT molecular complexity index is 678. The number of aliphatic carboxylic acids is 2. The molecule has 10 heteroatoms. The van der Waals surface area contributed by atoms with Crippen molar-refractivity contribution in [2.75, 3.05) is 13.1 Å². The molecule has 34 heavy (non-hydrogen) atoms. The zero-order valence-electron chi connectivity index (χ0n) is 21.8. The Morgan fingerprint density at radius 1 is 0.676 bits per heavy atom. The van der Waals surface area contributed by atoms with Crippen molar-refractivity contribution in [2.24, 2.45) is 11.8 Å². The summed E-state index contributed by atoms with van der Waals surface area (Å²) in [7, 11) is 0. The third-order valence-corrected chi connectivity index (χ3v) is 5.56. The molecule has 0 saturated carbocycles. The van der Waals surface area contributed by atoms with Crippen LogP contribution in [0.4, 0.5) is 9.59 Å². The fourth-order valence-electron chi connectivity index (χ4n) is 3.83. The molecule has 0 radical (unpaired) electrons. The van der Waals surface area contributed by atoms with Crippen LogP contribution in [0, 0.1) is 11.8 Å². The van der Waals surface area contributed by atoms with Gasteiger partial charge in [0, 0.05) is 13.1 Å². The first-order valence-electron chi connectivity index (χ1n) is 11.9. The third kappa shape index (κ3) is 9.77. The number of nitrogens with zero attached hydrogens (tertiary/aromatic N) is 2. The van der Waals surface area contributed by atoms with Gasteiger partial charge in [0.05, 0.1) is 0 Å². The van der Waals surface area contributed by atoms with Crippen molar-refractivity contribution in [3.8, 4) is 0 Å². The van der Waals surface area contributed by atoms with Crippen LogP contribution < -0.4 is 0 Å². The average molecular weight is 487 g/mol. The van der Waals surface area contributed by atoms with E-state index in [1.165, 1.54) is 9.80 Å². The van der Waals surface area contributed by atoms with E-state index in [-0.39, 0.29) is 0 Å². The van der Waals surface area contributed by atoms with Crippen molar-refractivity contribution < 1.29 is 38.9 Å². The Morgan fingerprint density at radius 2 is 0.971 bits per heavy atom. The lowest BCUT2D eigenvalue weighted by Crippen LogP contribution is -2.51. The van der Waals surface area contributed by atoms with Crippen molar-refractivity contribution in [3.63, 3.8) is 0 Å². The summed E-state index contributed by atoms with van der Waals surface area (Å²) in [5.41, 5.74) is -1.19. The second kappa shape index (κ2) is 11.8. The highest BCUT2D eigenvalue weighted by molar-refractivity contribution is 5.81. The second-order valence-electron chi connectivity index (χ2n) is 11.3. The van der Waals surface area contributed by atoms with Gasteiger partial charge < -0.3 is 19.7 Å².